The number of Topliss-reactive ketones (excluding diaryl/α,β-unsaturated/α-hetero) is 1. The number of carbonyl (C=O) groups is 3. The van der Waals surface area contributed by atoms with Gasteiger partial charge in [-0.3, -0.25) is 14.4 Å². The standard InChI is InChI=1S/C17H18O7/c1-17(2)23-15(19)13(16(20)24-17)14(18)10-6-9-7-11(21-3)4-5-12(9)22-8-10/h4-5,7,10,13H,6,8H2,1-3H3. The molecule has 2 aliphatic rings. The smallest absolute Gasteiger partial charge is 0.331 e. The molecule has 0 amide bonds. The summed E-state index contributed by atoms with van der Waals surface area (Å²) in [6.07, 6.45) is 0.353. The largest absolute Gasteiger partial charge is 0.497 e. The van der Waals surface area contributed by atoms with E-state index in [2.05, 4.69) is 0 Å². The van der Waals surface area contributed by atoms with E-state index in [-0.39, 0.29) is 6.61 Å². The molecule has 0 aromatic heterocycles. The minimum atomic E-state index is -1.56. The Labute approximate surface area is 138 Å². The molecule has 2 aliphatic heterocycles. The quantitative estimate of drug-likeness (QED) is 0.607. The molecular weight excluding hydrogens is 316 g/mol. The van der Waals surface area contributed by atoms with Gasteiger partial charge in [0, 0.05) is 13.8 Å². The van der Waals surface area contributed by atoms with Crippen LogP contribution in [0.3, 0.4) is 0 Å². The van der Waals surface area contributed by atoms with E-state index in [1.54, 1.807) is 25.3 Å². The molecule has 1 atom stereocenters. The maximum atomic E-state index is 12.6. The van der Waals surface area contributed by atoms with Gasteiger partial charge < -0.3 is 18.9 Å². The number of hydrogen-bond acceptors (Lipinski definition) is 7. The molecule has 0 spiro atoms. The summed E-state index contributed by atoms with van der Waals surface area (Å²) in [4.78, 5) is 36.7. The molecule has 0 radical (unpaired) electrons. The van der Waals surface area contributed by atoms with Crippen LogP contribution in [0.1, 0.15) is 19.4 Å². The fourth-order valence-corrected chi connectivity index (χ4v) is 2.87. The third-order valence-corrected chi connectivity index (χ3v) is 4.03. The maximum Gasteiger partial charge on any atom is 0.331 e. The van der Waals surface area contributed by atoms with Gasteiger partial charge in [-0.2, -0.15) is 0 Å². The predicted molar refractivity (Wildman–Crippen MR) is 80.4 cm³/mol. The third kappa shape index (κ3) is 2.93. The summed E-state index contributed by atoms with van der Waals surface area (Å²) in [7, 11) is 1.55. The first-order valence-corrected chi connectivity index (χ1v) is 7.60. The lowest BCUT2D eigenvalue weighted by Crippen LogP contribution is -2.51. The number of benzene rings is 1. The Morgan fingerprint density at radius 1 is 1.21 bits per heavy atom. The Bertz CT molecular complexity index is 687. The highest BCUT2D eigenvalue weighted by molar-refractivity contribution is 6.16. The average molecular weight is 334 g/mol. The van der Waals surface area contributed by atoms with Crippen LogP contribution < -0.4 is 9.47 Å². The molecule has 128 valence electrons. The summed E-state index contributed by atoms with van der Waals surface area (Å²) in [5.41, 5.74) is 0.789. The van der Waals surface area contributed by atoms with E-state index in [1.807, 2.05) is 0 Å². The second-order valence-corrected chi connectivity index (χ2v) is 6.26. The van der Waals surface area contributed by atoms with Gasteiger partial charge in [-0.1, -0.05) is 0 Å². The van der Waals surface area contributed by atoms with Gasteiger partial charge in [0.25, 0.3) is 5.79 Å². The summed E-state index contributed by atoms with van der Waals surface area (Å²) in [6, 6.07) is 5.30. The van der Waals surface area contributed by atoms with Crippen LogP contribution in [0.4, 0.5) is 0 Å². The summed E-state index contributed by atoms with van der Waals surface area (Å²) in [5.74, 6) is -4.54. The van der Waals surface area contributed by atoms with Crippen LogP contribution in [0.15, 0.2) is 18.2 Å². The third-order valence-electron chi connectivity index (χ3n) is 4.03. The second-order valence-electron chi connectivity index (χ2n) is 6.26. The highest BCUT2D eigenvalue weighted by atomic mass is 16.7. The Morgan fingerprint density at radius 3 is 2.50 bits per heavy atom. The number of methoxy groups -OCH3 is 1. The molecule has 7 nitrogen and oxygen atoms in total. The van der Waals surface area contributed by atoms with Gasteiger partial charge in [0.05, 0.1) is 19.6 Å². The first kappa shape index (κ1) is 16.3. The Hall–Kier alpha value is -2.57. The van der Waals surface area contributed by atoms with Crippen LogP contribution in [-0.2, 0) is 30.3 Å². The minimum Gasteiger partial charge on any atom is -0.497 e. The van der Waals surface area contributed by atoms with Crippen LogP contribution in [0, 0.1) is 11.8 Å². The van der Waals surface area contributed by atoms with Crippen molar-refractivity contribution in [3.63, 3.8) is 0 Å². The fourth-order valence-electron chi connectivity index (χ4n) is 2.87. The van der Waals surface area contributed by atoms with Gasteiger partial charge in [0.15, 0.2) is 5.78 Å². The zero-order chi connectivity index (χ0) is 17.5. The van der Waals surface area contributed by atoms with Crippen molar-refractivity contribution >= 4 is 17.7 Å². The number of fused-ring (bicyclic) bond motifs is 1. The lowest BCUT2D eigenvalue weighted by atomic mass is 9.86. The lowest BCUT2D eigenvalue weighted by Gasteiger charge is -2.34. The van der Waals surface area contributed by atoms with E-state index in [0.29, 0.717) is 17.9 Å². The van der Waals surface area contributed by atoms with Crippen molar-refractivity contribution in [3.05, 3.63) is 23.8 Å². The molecule has 0 saturated carbocycles. The van der Waals surface area contributed by atoms with E-state index in [0.717, 1.165) is 5.56 Å². The van der Waals surface area contributed by atoms with E-state index < -0.39 is 35.3 Å². The van der Waals surface area contributed by atoms with Gasteiger partial charge in [-0.15, -0.1) is 0 Å². The molecule has 1 saturated heterocycles. The molecule has 0 N–H and O–H groups in total. The molecule has 0 aliphatic carbocycles. The van der Waals surface area contributed by atoms with Crippen LogP contribution >= 0.6 is 0 Å². The molecule has 7 heteroatoms. The summed E-state index contributed by atoms with van der Waals surface area (Å²) >= 11 is 0. The van der Waals surface area contributed by atoms with Gasteiger partial charge in [0.2, 0.25) is 5.92 Å². The number of rotatable bonds is 3. The minimum absolute atomic E-state index is 0.0958. The van der Waals surface area contributed by atoms with Crippen molar-refractivity contribution in [2.45, 2.75) is 26.1 Å². The fraction of sp³-hybridized carbons (Fsp3) is 0.471. The van der Waals surface area contributed by atoms with E-state index in [1.165, 1.54) is 13.8 Å². The van der Waals surface area contributed by atoms with Crippen LogP contribution in [-0.4, -0.2) is 37.2 Å². The summed E-state index contributed by atoms with van der Waals surface area (Å²) in [5, 5.41) is 0. The molecule has 1 aromatic carbocycles. The van der Waals surface area contributed by atoms with Crippen molar-refractivity contribution in [2.24, 2.45) is 11.8 Å². The van der Waals surface area contributed by atoms with Crippen LogP contribution in [0.25, 0.3) is 0 Å². The Balaban J connectivity index is 1.79. The van der Waals surface area contributed by atoms with Crippen LogP contribution in [0.5, 0.6) is 11.5 Å². The van der Waals surface area contributed by atoms with E-state index in [9.17, 15) is 14.4 Å². The van der Waals surface area contributed by atoms with Crippen molar-refractivity contribution in [1.82, 2.24) is 0 Å². The molecule has 1 fully saturated rings. The lowest BCUT2D eigenvalue weighted by molar-refractivity contribution is -0.238. The number of carbonyl (C=O) groups excluding carboxylic acids is 3. The number of hydrogen-bond donors (Lipinski definition) is 0. The SMILES string of the molecule is COc1ccc2c(c1)CC(C(=O)C1C(=O)OC(C)(C)OC1=O)CO2. The molecule has 1 aromatic rings. The molecule has 24 heavy (non-hydrogen) atoms. The van der Waals surface area contributed by atoms with Gasteiger partial charge in [-0.05, 0) is 30.2 Å². The number of ether oxygens (including phenoxy) is 4. The monoisotopic (exact) mass is 334 g/mol. The molecule has 3 rings (SSSR count). The maximum absolute atomic E-state index is 12.6. The molecule has 1 unspecified atom stereocenters. The van der Waals surface area contributed by atoms with Crippen molar-refractivity contribution < 1.29 is 33.3 Å². The Kier molecular flexibility index (Phi) is 3.95. The first-order valence-electron chi connectivity index (χ1n) is 7.60. The zero-order valence-electron chi connectivity index (χ0n) is 13.7. The van der Waals surface area contributed by atoms with Gasteiger partial charge in [0.1, 0.15) is 11.5 Å². The highest BCUT2D eigenvalue weighted by Gasteiger charge is 2.49. The second kappa shape index (κ2) is 5.81. The summed E-state index contributed by atoms with van der Waals surface area (Å²) < 4.78 is 20.8. The van der Waals surface area contributed by atoms with Crippen molar-refractivity contribution in [3.8, 4) is 11.5 Å². The molecular formula is C17H18O7. The Morgan fingerprint density at radius 2 is 1.88 bits per heavy atom. The molecule has 2 heterocycles. The van der Waals surface area contributed by atoms with Gasteiger partial charge >= 0.3 is 11.9 Å². The number of ketones is 1. The normalized spacial score (nSPS) is 22.7. The van der Waals surface area contributed by atoms with Crippen LogP contribution in [0.2, 0.25) is 0 Å². The van der Waals surface area contributed by atoms with E-state index in [4.69, 9.17) is 18.9 Å². The van der Waals surface area contributed by atoms with E-state index >= 15 is 0 Å². The highest BCUT2D eigenvalue weighted by Crippen LogP contribution is 2.33. The summed E-state index contributed by atoms with van der Waals surface area (Å²) in [6.45, 7) is 2.98. The zero-order valence-corrected chi connectivity index (χ0v) is 13.7. The topological polar surface area (TPSA) is 88.1 Å². The van der Waals surface area contributed by atoms with Gasteiger partial charge in [-0.25, -0.2) is 0 Å². The average Bonchev–Trinajstić information content (AvgIpc) is 2.51. The first-order chi connectivity index (χ1) is 11.3. The molecule has 0 bridgehead atoms. The number of cyclic esters (lactones) is 2. The predicted octanol–water partition coefficient (Wildman–Crippen LogP) is 1.27. The van der Waals surface area contributed by atoms with Crippen molar-refractivity contribution in [2.75, 3.05) is 13.7 Å². The van der Waals surface area contributed by atoms with Crippen molar-refractivity contribution in [1.29, 1.82) is 0 Å². The number of esters is 2.